The first-order valence-corrected chi connectivity index (χ1v) is 10.6. The molecule has 2 amide bonds. The van der Waals surface area contributed by atoms with Crippen molar-refractivity contribution in [2.24, 2.45) is 5.41 Å². The molecule has 31 heavy (non-hydrogen) atoms. The standard InChI is InChI=1S/C23H25N5O3/c1-16-3-2-4-18(13-16)25-22(29)28-14-19(23(15-28)7-11-30-12-8-23)21-27-26-20(31-21)17-5-9-24-10-6-17/h2-6,9-10,13,19H,7-8,11-12,14-15H2,1H3,(H,25,29). The number of pyridine rings is 1. The van der Waals surface area contributed by atoms with Crippen molar-refractivity contribution in [3.05, 3.63) is 60.2 Å². The number of carbonyl (C=O) groups excluding carboxylic acids is 1. The van der Waals surface area contributed by atoms with Crippen LogP contribution in [0.2, 0.25) is 0 Å². The number of hydrogen-bond donors (Lipinski definition) is 1. The highest BCUT2D eigenvalue weighted by Gasteiger charge is 2.51. The van der Waals surface area contributed by atoms with Crippen LogP contribution in [-0.4, -0.2) is 52.4 Å². The number of nitrogens with one attached hydrogen (secondary N) is 1. The summed E-state index contributed by atoms with van der Waals surface area (Å²) in [5.41, 5.74) is 2.62. The molecular weight excluding hydrogens is 394 g/mol. The van der Waals surface area contributed by atoms with Crippen LogP contribution < -0.4 is 5.32 Å². The minimum Gasteiger partial charge on any atom is -0.420 e. The summed E-state index contributed by atoms with van der Waals surface area (Å²) in [6.45, 7) is 4.54. The number of nitrogens with zero attached hydrogens (tertiary/aromatic N) is 4. The number of aryl methyl sites for hydroxylation is 1. The SMILES string of the molecule is Cc1cccc(NC(=O)N2CC(c3nnc(-c4ccncc4)o3)C3(CCOCC3)C2)c1. The van der Waals surface area contributed by atoms with Crippen LogP contribution in [0, 0.1) is 12.3 Å². The first kappa shape index (κ1) is 19.7. The maximum atomic E-state index is 13.1. The summed E-state index contributed by atoms with van der Waals surface area (Å²) in [4.78, 5) is 19.0. The van der Waals surface area contributed by atoms with Crippen molar-refractivity contribution in [2.75, 3.05) is 31.6 Å². The molecule has 1 N–H and O–H groups in total. The summed E-state index contributed by atoms with van der Waals surface area (Å²) in [5, 5.41) is 11.7. The number of anilines is 1. The highest BCUT2D eigenvalue weighted by atomic mass is 16.5. The summed E-state index contributed by atoms with van der Waals surface area (Å²) in [6.07, 6.45) is 5.12. The largest absolute Gasteiger partial charge is 0.420 e. The molecule has 5 rings (SSSR count). The molecule has 4 heterocycles. The predicted octanol–water partition coefficient (Wildman–Crippen LogP) is 3.87. The van der Waals surface area contributed by atoms with Gasteiger partial charge in [0.25, 0.3) is 0 Å². The molecule has 2 aliphatic rings. The van der Waals surface area contributed by atoms with Gasteiger partial charge in [0.15, 0.2) is 0 Å². The van der Waals surface area contributed by atoms with Gasteiger partial charge >= 0.3 is 6.03 Å². The first-order chi connectivity index (χ1) is 15.1. The Kier molecular flexibility index (Phi) is 5.15. The molecule has 0 saturated carbocycles. The van der Waals surface area contributed by atoms with E-state index >= 15 is 0 Å². The van der Waals surface area contributed by atoms with Gasteiger partial charge in [-0.15, -0.1) is 10.2 Å². The Balaban J connectivity index is 1.39. The quantitative estimate of drug-likeness (QED) is 0.693. The third-order valence-corrected chi connectivity index (χ3v) is 6.36. The van der Waals surface area contributed by atoms with Crippen molar-refractivity contribution in [3.8, 4) is 11.5 Å². The van der Waals surface area contributed by atoms with Gasteiger partial charge in [0.05, 0.1) is 5.92 Å². The van der Waals surface area contributed by atoms with Gasteiger partial charge in [-0.3, -0.25) is 4.98 Å². The van der Waals surface area contributed by atoms with E-state index in [1.807, 2.05) is 48.2 Å². The smallest absolute Gasteiger partial charge is 0.321 e. The molecule has 8 heteroatoms. The number of benzene rings is 1. The zero-order chi connectivity index (χ0) is 21.3. The van der Waals surface area contributed by atoms with Gasteiger partial charge in [0.1, 0.15) is 0 Å². The van der Waals surface area contributed by atoms with Crippen LogP contribution in [0.4, 0.5) is 10.5 Å². The number of rotatable bonds is 3. The second kappa shape index (κ2) is 8.11. The number of ether oxygens (including phenoxy) is 1. The summed E-state index contributed by atoms with van der Waals surface area (Å²) in [7, 11) is 0. The minimum atomic E-state index is -0.121. The van der Waals surface area contributed by atoms with E-state index in [0.29, 0.717) is 38.1 Å². The molecule has 0 bridgehead atoms. The van der Waals surface area contributed by atoms with Gasteiger partial charge in [-0.05, 0) is 49.6 Å². The molecule has 1 spiro atoms. The van der Waals surface area contributed by atoms with Crippen LogP contribution in [0.15, 0.2) is 53.2 Å². The van der Waals surface area contributed by atoms with Crippen LogP contribution in [0.3, 0.4) is 0 Å². The summed E-state index contributed by atoms with van der Waals surface area (Å²) in [5.74, 6) is 1.03. The number of likely N-dealkylation sites (tertiary alicyclic amines) is 1. The van der Waals surface area contributed by atoms with Gasteiger partial charge in [0.2, 0.25) is 11.8 Å². The molecule has 1 atom stereocenters. The summed E-state index contributed by atoms with van der Waals surface area (Å²) < 4.78 is 11.7. The molecule has 0 radical (unpaired) electrons. The Hall–Kier alpha value is -3.26. The third-order valence-electron chi connectivity index (χ3n) is 6.36. The third kappa shape index (κ3) is 3.90. The predicted molar refractivity (Wildman–Crippen MR) is 115 cm³/mol. The molecule has 2 fully saturated rings. The summed E-state index contributed by atoms with van der Waals surface area (Å²) >= 11 is 0. The fraction of sp³-hybridized carbons (Fsp3) is 0.391. The normalized spacial score (nSPS) is 20.2. The Morgan fingerprint density at radius 3 is 2.74 bits per heavy atom. The van der Waals surface area contributed by atoms with E-state index in [-0.39, 0.29) is 17.4 Å². The van der Waals surface area contributed by atoms with Gasteiger partial charge in [-0.2, -0.15) is 0 Å². The molecule has 2 saturated heterocycles. The van der Waals surface area contributed by atoms with E-state index in [2.05, 4.69) is 20.5 Å². The van der Waals surface area contributed by atoms with Crippen molar-refractivity contribution < 1.29 is 13.9 Å². The Morgan fingerprint density at radius 2 is 1.97 bits per heavy atom. The van der Waals surface area contributed by atoms with Gasteiger partial charge < -0.3 is 19.4 Å². The van der Waals surface area contributed by atoms with E-state index in [1.165, 1.54) is 0 Å². The van der Waals surface area contributed by atoms with Crippen molar-refractivity contribution in [1.29, 1.82) is 0 Å². The van der Waals surface area contributed by atoms with Crippen LogP contribution in [0.25, 0.3) is 11.5 Å². The highest BCUT2D eigenvalue weighted by molar-refractivity contribution is 5.89. The lowest BCUT2D eigenvalue weighted by Gasteiger charge is -2.36. The van der Waals surface area contributed by atoms with Crippen LogP contribution >= 0.6 is 0 Å². The fourth-order valence-corrected chi connectivity index (χ4v) is 4.66. The maximum absolute atomic E-state index is 13.1. The Bertz CT molecular complexity index is 1060. The number of carbonyl (C=O) groups is 1. The van der Waals surface area contributed by atoms with Crippen molar-refractivity contribution in [2.45, 2.75) is 25.7 Å². The Labute approximate surface area is 180 Å². The van der Waals surface area contributed by atoms with E-state index in [9.17, 15) is 4.79 Å². The van der Waals surface area contributed by atoms with Gasteiger partial charge in [-0.25, -0.2) is 4.79 Å². The van der Waals surface area contributed by atoms with Crippen LogP contribution in [0.5, 0.6) is 0 Å². The average molecular weight is 419 g/mol. The van der Waals surface area contributed by atoms with Crippen molar-refractivity contribution >= 4 is 11.7 Å². The lowest BCUT2D eigenvalue weighted by Crippen LogP contribution is -2.38. The Morgan fingerprint density at radius 1 is 1.16 bits per heavy atom. The molecule has 160 valence electrons. The molecule has 0 aliphatic carbocycles. The highest BCUT2D eigenvalue weighted by Crippen LogP contribution is 2.49. The topological polar surface area (TPSA) is 93.4 Å². The number of aromatic nitrogens is 3. The molecule has 2 aromatic heterocycles. The molecule has 3 aromatic rings. The van der Waals surface area contributed by atoms with E-state index in [4.69, 9.17) is 9.15 Å². The van der Waals surface area contributed by atoms with Gasteiger partial charge in [0, 0.05) is 55.4 Å². The number of hydrogen-bond acceptors (Lipinski definition) is 6. The fourth-order valence-electron chi connectivity index (χ4n) is 4.66. The molecule has 8 nitrogen and oxygen atoms in total. The van der Waals surface area contributed by atoms with E-state index in [1.54, 1.807) is 12.4 Å². The second-order valence-corrected chi connectivity index (χ2v) is 8.39. The molecule has 2 aliphatic heterocycles. The maximum Gasteiger partial charge on any atom is 0.321 e. The lowest BCUT2D eigenvalue weighted by atomic mass is 9.72. The minimum absolute atomic E-state index is 0.0252. The molecular formula is C23H25N5O3. The average Bonchev–Trinajstić information content (AvgIpc) is 3.40. The van der Waals surface area contributed by atoms with E-state index < -0.39 is 0 Å². The molecule has 1 aromatic carbocycles. The monoisotopic (exact) mass is 419 g/mol. The van der Waals surface area contributed by atoms with Crippen molar-refractivity contribution in [3.63, 3.8) is 0 Å². The summed E-state index contributed by atoms with van der Waals surface area (Å²) in [6, 6.07) is 11.4. The zero-order valence-corrected chi connectivity index (χ0v) is 17.5. The number of urea groups is 1. The second-order valence-electron chi connectivity index (χ2n) is 8.39. The van der Waals surface area contributed by atoms with E-state index in [0.717, 1.165) is 29.7 Å². The zero-order valence-electron chi connectivity index (χ0n) is 17.5. The van der Waals surface area contributed by atoms with Crippen LogP contribution in [0.1, 0.15) is 30.2 Å². The molecule has 1 unspecified atom stereocenters. The number of amides is 2. The first-order valence-electron chi connectivity index (χ1n) is 10.6. The lowest BCUT2D eigenvalue weighted by molar-refractivity contribution is 0.0104. The van der Waals surface area contributed by atoms with Gasteiger partial charge in [-0.1, -0.05) is 12.1 Å². The van der Waals surface area contributed by atoms with Crippen molar-refractivity contribution in [1.82, 2.24) is 20.1 Å². The van der Waals surface area contributed by atoms with Crippen LogP contribution in [-0.2, 0) is 4.74 Å².